The Bertz CT molecular complexity index is 872. The average Bonchev–Trinajstić information content (AvgIpc) is 3.06. The smallest absolute Gasteiger partial charge is 0.177 e. The number of rotatable bonds is 3. The van der Waals surface area contributed by atoms with E-state index < -0.39 is 0 Å². The van der Waals surface area contributed by atoms with E-state index in [1.54, 1.807) is 0 Å². The monoisotopic (exact) mass is 350 g/mol. The summed E-state index contributed by atoms with van der Waals surface area (Å²) in [5.74, 6) is 1.42. The maximum atomic E-state index is 4.84. The van der Waals surface area contributed by atoms with Gasteiger partial charge in [0.1, 0.15) is 0 Å². The molecule has 6 nitrogen and oxygen atoms in total. The Balaban J connectivity index is 1.49. The molecule has 0 amide bonds. The summed E-state index contributed by atoms with van der Waals surface area (Å²) in [6, 6.07) is 8.23. The molecule has 4 rings (SSSR count). The minimum atomic E-state index is 0.0167. The highest BCUT2D eigenvalue weighted by molar-refractivity contribution is 5.37. The van der Waals surface area contributed by atoms with Crippen molar-refractivity contribution in [1.29, 1.82) is 0 Å². The number of nitrogens with zero attached hydrogens (tertiary/aromatic N) is 6. The highest BCUT2D eigenvalue weighted by Gasteiger charge is 2.26. The highest BCUT2D eigenvalue weighted by atomic mass is 15.4. The lowest BCUT2D eigenvalue weighted by Crippen LogP contribution is -2.33. The van der Waals surface area contributed by atoms with E-state index in [1.165, 1.54) is 5.56 Å². The van der Waals surface area contributed by atoms with Gasteiger partial charge in [-0.2, -0.15) is 9.61 Å². The fourth-order valence-electron chi connectivity index (χ4n) is 3.56. The van der Waals surface area contributed by atoms with Gasteiger partial charge in [-0.1, -0.05) is 26.8 Å². The van der Waals surface area contributed by atoms with Gasteiger partial charge in [-0.05, 0) is 49.7 Å². The molecule has 0 spiro atoms. The van der Waals surface area contributed by atoms with Crippen molar-refractivity contribution in [2.75, 3.05) is 13.1 Å². The first-order valence-corrected chi connectivity index (χ1v) is 9.35. The van der Waals surface area contributed by atoms with E-state index in [4.69, 9.17) is 5.10 Å². The Morgan fingerprint density at radius 3 is 2.58 bits per heavy atom. The third-order valence-electron chi connectivity index (χ3n) is 5.14. The Morgan fingerprint density at radius 2 is 1.88 bits per heavy atom. The van der Waals surface area contributed by atoms with Gasteiger partial charge in [-0.25, -0.2) is 0 Å². The van der Waals surface area contributed by atoms with Gasteiger partial charge in [-0.15, -0.1) is 10.2 Å². The van der Waals surface area contributed by atoms with Crippen LogP contribution in [0.25, 0.3) is 5.65 Å². The second kappa shape index (κ2) is 6.76. The summed E-state index contributed by atoms with van der Waals surface area (Å²) in [6.45, 7) is 9.64. The molecule has 6 heteroatoms. The average molecular weight is 350 g/mol. The van der Waals surface area contributed by atoms with E-state index in [0.29, 0.717) is 5.92 Å². The van der Waals surface area contributed by atoms with Crippen molar-refractivity contribution >= 4 is 5.65 Å². The topological polar surface area (TPSA) is 59.2 Å². The molecule has 3 aromatic rings. The number of pyridine rings is 1. The van der Waals surface area contributed by atoms with Gasteiger partial charge in [0.25, 0.3) is 0 Å². The lowest BCUT2D eigenvalue weighted by molar-refractivity contribution is 0.200. The van der Waals surface area contributed by atoms with E-state index >= 15 is 0 Å². The minimum Gasteiger partial charge on any atom is -0.299 e. The third-order valence-corrected chi connectivity index (χ3v) is 5.14. The number of fused-ring (bicyclic) bond motifs is 1. The zero-order valence-electron chi connectivity index (χ0n) is 15.8. The highest BCUT2D eigenvalue weighted by Crippen LogP contribution is 2.28. The normalized spacial score (nSPS) is 17.0. The van der Waals surface area contributed by atoms with Crippen molar-refractivity contribution in [3.8, 4) is 0 Å². The lowest BCUT2D eigenvalue weighted by atomic mass is 9.92. The third kappa shape index (κ3) is 3.46. The number of likely N-dealkylation sites (tertiary alicyclic amines) is 1. The summed E-state index contributed by atoms with van der Waals surface area (Å²) < 4.78 is 1.96. The van der Waals surface area contributed by atoms with E-state index in [0.717, 1.165) is 49.6 Å². The predicted octanol–water partition coefficient (Wildman–Crippen LogP) is 3.20. The first kappa shape index (κ1) is 17.1. The quantitative estimate of drug-likeness (QED) is 0.726. The summed E-state index contributed by atoms with van der Waals surface area (Å²) in [4.78, 5) is 6.70. The standard InChI is InChI=1S/C20H26N6/c1-20(2,3)17-6-7-18-22-23-19(26(18)24-17)16-8-11-25(12-9-16)14-15-5-4-10-21-13-15/h4-7,10,13,16H,8-9,11-12,14H2,1-3H3. The molecular weight excluding hydrogens is 324 g/mol. The van der Waals surface area contributed by atoms with Crippen LogP contribution in [0.15, 0.2) is 36.7 Å². The van der Waals surface area contributed by atoms with Crippen molar-refractivity contribution in [3.05, 3.63) is 53.7 Å². The zero-order valence-corrected chi connectivity index (χ0v) is 15.8. The molecule has 3 aromatic heterocycles. The predicted molar refractivity (Wildman–Crippen MR) is 101 cm³/mol. The zero-order chi connectivity index (χ0) is 18.1. The van der Waals surface area contributed by atoms with E-state index in [-0.39, 0.29) is 5.41 Å². The van der Waals surface area contributed by atoms with Crippen LogP contribution in [0, 0.1) is 0 Å². The molecule has 0 bridgehead atoms. The van der Waals surface area contributed by atoms with Crippen LogP contribution in [0.5, 0.6) is 0 Å². The number of piperidine rings is 1. The maximum Gasteiger partial charge on any atom is 0.177 e. The van der Waals surface area contributed by atoms with E-state index in [1.807, 2.05) is 29.0 Å². The van der Waals surface area contributed by atoms with Crippen LogP contribution in [0.1, 0.15) is 56.6 Å². The second-order valence-electron chi connectivity index (χ2n) is 8.21. The number of aromatic nitrogens is 5. The van der Waals surface area contributed by atoms with Crippen LogP contribution in [-0.4, -0.2) is 42.8 Å². The molecule has 1 aliphatic rings. The van der Waals surface area contributed by atoms with Gasteiger partial charge in [-0.3, -0.25) is 9.88 Å². The first-order valence-electron chi connectivity index (χ1n) is 9.35. The molecule has 1 saturated heterocycles. The summed E-state index contributed by atoms with van der Waals surface area (Å²) >= 11 is 0. The molecule has 0 N–H and O–H groups in total. The van der Waals surface area contributed by atoms with Crippen LogP contribution >= 0.6 is 0 Å². The summed E-state index contributed by atoms with van der Waals surface area (Å²) in [7, 11) is 0. The van der Waals surface area contributed by atoms with Crippen LogP contribution in [0.3, 0.4) is 0 Å². The largest absolute Gasteiger partial charge is 0.299 e. The van der Waals surface area contributed by atoms with Crippen molar-refractivity contribution in [3.63, 3.8) is 0 Å². The van der Waals surface area contributed by atoms with Crippen molar-refractivity contribution in [2.45, 2.75) is 51.5 Å². The maximum absolute atomic E-state index is 4.84. The molecule has 0 saturated carbocycles. The van der Waals surface area contributed by atoms with Gasteiger partial charge >= 0.3 is 0 Å². The molecule has 1 aliphatic heterocycles. The number of hydrogen-bond donors (Lipinski definition) is 0. The molecule has 136 valence electrons. The van der Waals surface area contributed by atoms with Gasteiger partial charge in [0.15, 0.2) is 11.5 Å². The molecule has 1 fully saturated rings. The summed E-state index contributed by atoms with van der Waals surface area (Å²) in [5, 5.41) is 13.6. The SMILES string of the molecule is CC(C)(C)c1ccc2nnc(C3CCN(Cc4cccnc4)CC3)n2n1. The van der Waals surface area contributed by atoms with E-state index in [2.05, 4.69) is 53.0 Å². The van der Waals surface area contributed by atoms with Crippen molar-refractivity contribution in [2.24, 2.45) is 0 Å². The Hall–Kier alpha value is -2.34. The van der Waals surface area contributed by atoms with E-state index in [9.17, 15) is 0 Å². The molecule has 0 aliphatic carbocycles. The fraction of sp³-hybridized carbons (Fsp3) is 0.500. The minimum absolute atomic E-state index is 0.0167. The second-order valence-corrected chi connectivity index (χ2v) is 8.21. The molecule has 26 heavy (non-hydrogen) atoms. The van der Waals surface area contributed by atoms with Crippen LogP contribution in [0.2, 0.25) is 0 Å². The fourth-order valence-corrected chi connectivity index (χ4v) is 3.56. The van der Waals surface area contributed by atoms with Gasteiger partial charge < -0.3 is 0 Å². The molecule has 0 atom stereocenters. The molecule has 0 radical (unpaired) electrons. The Kier molecular flexibility index (Phi) is 4.44. The summed E-state index contributed by atoms with van der Waals surface area (Å²) in [5.41, 5.74) is 3.20. The van der Waals surface area contributed by atoms with Gasteiger partial charge in [0, 0.05) is 30.3 Å². The van der Waals surface area contributed by atoms with Gasteiger partial charge in [0.05, 0.1) is 5.69 Å². The molecule has 4 heterocycles. The molecule has 0 aromatic carbocycles. The van der Waals surface area contributed by atoms with Crippen LogP contribution < -0.4 is 0 Å². The number of hydrogen-bond acceptors (Lipinski definition) is 5. The molecule has 0 unspecified atom stereocenters. The van der Waals surface area contributed by atoms with Crippen LogP contribution in [-0.2, 0) is 12.0 Å². The van der Waals surface area contributed by atoms with Gasteiger partial charge in [0.2, 0.25) is 0 Å². The van der Waals surface area contributed by atoms with Crippen LogP contribution in [0.4, 0.5) is 0 Å². The Labute approximate surface area is 154 Å². The molecular formula is C20H26N6. The summed E-state index contributed by atoms with van der Waals surface area (Å²) in [6.07, 6.45) is 5.95. The lowest BCUT2D eigenvalue weighted by Gasteiger charge is -2.31. The van der Waals surface area contributed by atoms with Crippen molar-refractivity contribution < 1.29 is 0 Å². The van der Waals surface area contributed by atoms with Crippen molar-refractivity contribution in [1.82, 2.24) is 29.7 Å². The first-order chi connectivity index (χ1) is 12.5. The Morgan fingerprint density at radius 1 is 1.08 bits per heavy atom.